The van der Waals surface area contributed by atoms with Gasteiger partial charge >= 0.3 is 0 Å². The number of fused-ring (bicyclic) bond motifs is 1. The van der Waals surface area contributed by atoms with E-state index in [0.29, 0.717) is 22.6 Å². The standard InChI is InChI=1S/C22H22FN3O2S/c1-4-13-26-21(28)18-7-5-6-8-19(18)25-22(26)29-15(3)20(27)24-14(2)16-9-11-17(23)12-10-16/h4-12,14-15H,1,13H2,2-3H3,(H,24,27)/t14-,15+/m0/s1. The number of allylic oxidation sites excluding steroid dienone is 1. The first kappa shape index (κ1) is 20.8. The number of rotatable bonds is 7. The molecule has 0 unspecified atom stereocenters. The summed E-state index contributed by atoms with van der Waals surface area (Å²) in [6.07, 6.45) is 1.63. The number of thioether (sulfide) groups is 1. The SMILES string of the molecule is C=CCn1c(S[C@H](C)C(=O)N[C@@H](C)c2ccc(F)cc2)nc2ccccc2c1=O. The Hall–Kier alpha value is -2.93. The third-order valence-electron chi connectivity index (χ3n) is 4.52. The molecule has 2 aromatic carbocycles. The third kappa shape index (κ3) is 4.74. The molecular weight excluding hydrogens is 389 g/mol. The molecule has 0 aliphatic carbocycles. The molecular formula is C22H22FN3O2S. The van der Waals surface area contributed by atoms with Crippen LogP contribution in [-0.2, 0) is 11.3 Å². The Bertz CT molecular complexity index is 1100. The summed E-state index contributed by atoms with van der Waals surface area (Å²) in [5, 5.41) is 3.43. The number of nitrogens with one attached hydrogen (secondary N) is 1. The van der Waals surface area contributed by atoms with Crippen molar-refractivity contribution in [1.29, 1.82) is 0 Å². The van der Waals surface area contributed by atoms with E-state index in [1.54, 1.807) is 43.3 Å². The second-order valence-electron chi connectivity index (χ2n) is 6.66. The maximum absolute atomic E-state index is 13.1. The van der Waals surface area contributed by atoms with Crippen LogP contribution in [0.2, 0.25) is 0 Å². The Morgan fingerprint density at radius 1 is 1.24 bits per heavy atom. The van der Waals surface area contributed by atoms with E-state index in [1.807, 2.05) is 13.0 Å². The van der Waals surface area contributed by atoms with Crippen molar-refractivity contribution in [2.45, 2.75) is 36.8 Å². The van der Waals surface area contributed by atoms with Crippen LogP contribution in [0.15, 0.2) is 71.1 Å². The van der Waals surface area contributed by atoms with E-state index in [-0.39, 0.29) is 23.3 Å². The second kappa shape index (κ2) is 9.05. The van der Waals surface area contributed by atoms with Crippen molar-refractivity contribution in [3.05, 3.63) is 82.9 Å². The summed E-state index contributed by atoms with van der Waals surface area (Å²) >= 11 is 1.22. The highest BCUT2D eigenvalue weighted by Crippen LogP contribution is 2.23. The van der Waals surface area contributed by atoms with E-state index < -0.39 is 5.25 Å². The molecule has 0 aliphatic heterocycles. The fourth-order valence-electron chi connectivity index (χ4n) is 2.90. The van der Waals surface area contributed by atoms with Crippen LogP contribution in [0.25, 0.3) is 10.9 Å². The molecule has 150 valence electrons. The molecule has 1 heterocycles. The van der Waals surface area contributed by atoms with Gasteiger partial charge in [0.25, 0.3) is 5.56 Å². The van der Waals surface area contributed by atoms with Crippen molar-refractivity contribution < 1.29 is 9.18 Å². The lowest BCUT2D eigenvalue weighted by Gasteiger charge is -2.19. The van der Waals surface area contributed by atoms with Gasteiger partial charge < -0.3 is 5.32 Å². The summed E-state index contributed by atoms with van der Waals surface area (Å²) in [6, 6.07) is 12.9. The smallest absolute Gasteiger partial charge is 0.262 e. The Balaban J connectivity index is 1.81. The molecule has 5 nitrogen and oxygen atoms in total. The highest BCUT2D eigenvalue weighted by molar-refractivity contribution is 8.00. The topological polar surface area (TPSA) is 64.0 Å². The van der Waals surface area contributed by atoms with Gasteiger partial charge in [0.05, 0.1) is 22.2 Å². The average Bonchev–Trinajstić information content (AvgIpc) is 2.71. The number of hydrogen-bond donors (Lipinski definition) is 1. The van der Waals surface area contributed by atoms with Crippen LogP contribution < -0.4 is 10.9 Å². The van der Waals surface area contributed by atoms with Gasteiger partial charge in [-0.05, 0) is 43.7 Å². The molecule has 3 aromatic rings. The number of amides is 1. The summed E-state index contributed by atoms with van der Waals surface area (Å²) in [4.78, 5) is 30.1. The predicted octanol–water partition coefficient (Wildman–Crippen LogP) is 4.08. The zero-order chi connectivity index (χ0) is 21.0. The largest absolute Gasteiger partial charge is 0.349 e. The van der Waals surface area contributed by atoms with Crippen molar-refractivity contribution in [3.63, 3.8) is 0 Å². The first-order valence-corrected chi connectivity index (χ1v) is 10.1. The van der Waals surface area contributed by atoms with Crippen molar-refractivity contribution in [2.24, 2.45) is 0 Å². The molecule has 1 N–H and O–H groups in total. The number of hydrogen-bond acceptors (Lipinski definition) is 4. The average molecular weight is 412 g/mol. The minimum absolute atomic E-state index is 0.162. The van der Waals surface area contributed by atoms with Gasteiger partial charge in [-0.15, -0.1) is 6.58 Å². The van der Waals surface area contributed by atoms with Crippen LogP contribution in [0.4, 0.5) is 4.39 Å². The third-order valence-corrected chi connectivity index (χ3v) is 5.61. The number of carbonyl (C=O) groups excluding carboxylic acids is 1. The molecule has 0 saturated carbocycles. The molecule has 0 radical (unpaired) electrons. The molecule has 0 saturated heterocycles. The number of benzene rings is 2. The number of para-hydroxylation sites is 1. The lowest BCUT2D eigenvalue weighted by atomic mass is 10.1. The van der Waals surface area contributed by atoms with Gasteiger partial charge in [0.1, 0.15) is 5.82 Å². The van der Waals surface area contributed by atoms with Crippen molar-refractivity contribution in [2.75, 3.05) is 0 Å². The summed E-state index contributed by atoms with van der Waals surface area (Å²) in [7, 11) is 0. The first-order valence-electron chi connectivity index (χ1n) is 9.23. The van der Waals surface area contributed by atoms with Crippen LogP contribution in [0.3, 0.4) is 0 Å². The van der Waals surface area contributed by atoms with Gasteiger partial charge in [0.15, 0.2) is 5.16 Å². The second-order valence-corrected chi connectivity index (χ2v) is 7.97. The van der Waals surface area contributed by atoms with Crippen molar-refractivity contribution >= 4 is 28.6 Å². The Labute approximate surface area is 172 Å². The quantitative estimate of drug-likeness (QED) is 0.361. The van der Waals surface area contributed by atoms with E-state index in [2.05, 4.69) is 16.9 Å². The molecule has 0 spiro atoms. The Morgan fingerprint density at radius 3 is 2.62 bits per heavy atom. The summed E-state index contributed by atoms with van der Waals surface area (Å²) in [5.74, 6) is -0.516. The number of halogens is 1. The molecule has 29 heavy (non-hydrogen) atoms. The molecule has 0 fully saturated rings. The molecule has 1 amide bonds. The zero-order valence-corrected chi connectivity index (χ0v) is 17.1. The number of nitrogens with zero attached hydrogens (tertiary/aromatic N) is 2. The monoisotopic (exact) mass is 411 g/mol. The highest BCUT2D eigenvalue weighted by Gasteiger charge is 2.21. The van der Waals surface area contributed by atoms with Gasteiger partial charge in [-0.3, -0.25) is 14.2 Å². The lowest BCUT2D eigenvalue weighted by molar-refractivity contribution is -0.120. The summed E-state index contributed by atoms with van der Waals surface area (Å²) in [6.45, 7) is 7.61. The van der Waals surface area contributed by atoms with Gasteiger partial charge in [-0.25, -0.2) is 9.37 Å². The number of carbonyl (C=O) groups is 1. The fourth-order valence-corrected chi connectivity index (χ4v) is 3.83. The van der Waals surface area contributed by atoms with Crippen LogP contribution >= 0.6 is 11.8 Å². The minimum atomic E-state index is -0.484. The van der Waals surface area contributed by atoms with E-state index in [1.165, 1.54) is 28.5 Å². The molecule has 2 atom stereocenters. The lowest BCUT2D eigenvalue weighted by Crippen LogP contribution is -2.34. The Morgan fingerprint density at radius 2 is 1.93 bits per heavy atom. The van der Waals surface area contributed by atoms with E-state index in [9.17, 15) is 14.0 Å². The van der Waals surface area contributed by atoms with E-state index in [4.69, 9.17) is 0 Å². The first-order chi connectivity index (χ1) is 13.9. The molecule has 3 rings (SSSR count). The molecule has 0 aliphatic rings. The molecule has 7 heteroatoms. The summed E-state index contributed by atoms with van der Waals surface area (Å²) < 4.78 is 14.6. The number of aromatic nitrogens is 2. The van der Waals surface area contributed by atoms with Crippen LogP contribution in [0.5, 0.6) is 0 Å². The predicted molar refractivity (Wildman–Crippen MR) is 114 cm³/mol. The van der Waals surface area contributed by atoms with Gasteiger partial charge in [0.2, 0.25) is 5.91 Å². The molecule has 0 bridgehead atoms. The zero-order valence-electron chi connectivity index (χ0n) is 16.3. The Kier molecular flexibility index (Phi) is 6.49. The van der Waals surface area contributed by atoms with Gasteiger partial charge in [-0.2, -0.15) is 0 Å². The maximum Gasteiger partial charge on any atom is 0.262 e. The van der Waals surface area contributed by atoms with E-state index in [0.717, 1.165) is 5.56 Å². The molecule has 1 aromatic heterocycles. The van der Waals surface area contributed by atoms with Crippen LogP contribution in [0, 0.1) is 5.82 Å². The van der Waals surface area contributed by atoms with Crippen LogP contribution in [0.1, 0.15) is 25.5 Å². The maximum atomic E-state index is 13.1. The highest BCUT2D eigenvalue weighted by atomic mass is 32.2. The van der Waals surface area contributed by atoms with Crippen LogP contribution in [-0.4, -0.2) is 20.7 Å². The van der Waals surface area contributed by atoms with Gasteiger partial charge in [0, 0.05) is 6.54 Å². The van der Waals surface area contributed by atoms with Crippen molar-refractivity contribution in [3.8, 4) is 0 Å². The van der Waals surface area contributed by atoms with E-state index >= 15 is 0 Å². The fraction of sp³-hybridized carbons (Fsp3) is 0.227. The van der Waals surface area contributed by atoms with Gasteiger partial charge in [-0.1, -0.05) is 42.1 Å². The van der Waals surface area contributed by atoms with Crippen molar-refractivity contribution in [1.82, 2.24) is 14.9 Å². The minimum Gasteiger partial charge on any atom is -0.349 e. The summed E-state index contributed by atoms with van der Waals surface area (Å²) in [5.41, 5.74) is 1.24. The normalized spacial score (nSPS) is 13.1.